The molecule has 1 saturated heterocycles. The van der Waals surface area contributed by atoms with Crippen LogP contribution in [-0.2, 0) is 4.74 Å². The molecular weight excluding hydrogens is 226 g/mol. The Bertz CT molecular complexity index is 403. The van der Waals surface area contributed by atoms with Gasteiger partial charge in [-0.3, -0.25) is 0 Å². The molecule has 0 aliphatic carbocycles. The first-order valence-electron chi connectivity index (χ1n) is 6.15. The predicted octanol–water partition coefficient (Wildman–Crippen LogP) is 2.64. The number of ether oxygens (including phenoxy) is 2. The summed E-state index contributed by atoms with van der Waals surface area (Å²) in [7, 11) is 0. The van der Waals surface area contributed by atoms with Crippen molar-refractivity contribution in [2.24, 2.45) is 0 Å². The number of nitrogens with zero attached hydrogens (tertiary/aromatic N) is 1. The van der Waals surface area contributed by atoms with Gasteiger partial charge in [0.2, 0.25) is 0 Å². The maximum Gasteiger partial charge on any atom is 0.142 e. The summed E-state index contributed by atoms with van der Waals surface area (Å²) < 4.78 is 11.0. The minimum atomic E-state index is 0.269. The molecule has 1 fully saturated rings. The molecule has 0 amide bonds. The third kappa shape index (κ3) is 3.37. The smallest absolute Gasteiger partial charge is 0.142 e. The van der Waals surface area contributed by atoms with Gasteiger partial charge < -0.3 is 14.4 Å². The number of epoxide rings is 1. The third-order valence-corrected chi connectivity index (χ3v) is 2.73. The lowest BCUT2D eigenvalue weighted by Gasteiger charge is -2.24. The molecule has 0 saturated carbocycles. The van der Waals surface area contributed by atoms with Crippen molar-refractivity contribution in [1.29, 1.82) is 0 Å². The second kappa shape index (κ2) is 6.26. The molecule has 0 aromatic heterocycles. The molecule has 1 aromatic carbocycles. The topological polar surface area (TPSA) is 25.0 Å². The highest BCUT2D eigenvalue weighted by molar-refractivity contribution is 5.59. The van der Waals surface area contributed by atoms with Gasteiger partial charge in [0.25, 0.3) is 0 Å². The van der Waals surface area contributed by atoms with E-state index >= 15 is 0 Å². The Morgan fingerprint density at radius 1 is 1.28 bits per heavy atom. The second-order valence-electron chi connectivity index (χ2n) is 4.22. The first-order chi connectivity index (χ1) is 8.85. The Balaban J connectivity index is 2.11. The first kappa shape index (κ1) is 12.7. The Morgan fingerprint density at radius 3 is 2.56 bits per heavy atom. The van der Waals surface area contributed by atoms with E-state index in [4.69, 9.17) is 9.47 Å². The van der Waals surface area contributed by atoms with Crippen LogP contribution in [0.1, 0.15) is 0 Å². The molecule has 1 aliphatic heterocycles. The Labute approximate surface area is 108 Å². The molecule has 96 valence electrons. The van der Waals surface area contributed by atoms with Gasteiger partial charge in [0.15, 0.2) is 0 Å². The van der Waals surface area contributed by atoms with Crippen LogP contribution >= 0.6 is 0 Å². The fraction of sp³-hybridized carbons (Fsp3) is 0.333. The van der Waals surface area contributed by atoms with Gasteiger partial charge in [-0.05, 0) is 12.1 Å². The van der Waals surface area contributed by atoms with E-state index in [-0.39, 0.29) is 6.10 Å². The van der Waals surface area contributed by atoms with Crippen LogP contribution < -0.4 is 9.64 Å². The Hall–Kier alpha value is -1.74. The minimum Gasteiger partial charge on any atom is -0.489 e. The van der Waals surface area contributed by atoms with Crippen molar-refractivity contribution in [2.45, 2.75) is 6.10 Å². The summed E-state index contributed by atoms with van der Waals surface area (Å²) in [4.78, 5) is 2.17. The molecule has 1 aliphatic rings. The third-order valence-electron chi connectivity index (χ3n) is 2.73. The zero-order valence-corrected chi connectivity index (χ0v) is 10.5. The highest BCUT2D eigenvalue weighted by atomic mass is 16.6. The summed E-state index contributed by atoms with van der Waals surface area (Å²) in [5.41, 5.74) is 1.07. The highest BCUT2D eigenvalue weighted by Gasteiger charge is 2.23. The van der Waals surface area contributed by atoms with Crippen LogP contribution in [0.2, 0.25) is 0 Å². The molecule has 3 nitrogen and oxygen atoms in total. The fourth-order valence-corrected chi connectivity index (χ4v) is 1.77. The molecule has 0 N–H and O–H groups in total. The van der Waals surface area contributed by atoms with E-state index in [1.807, 2.05) is 30.4 Å². The number of benzene rings is 1. The average Bonchev–Trinajstić information content (AvgIpc) is 3.21. The molecule has 0 bridgehead atoms. The highest BCUT2D eigenvalue weighted by Crippen LogP contribution is 2.28. The van der Waals surface area contributed by atoms with Crippen molar-refractivity contribution in [1.82, 2.24) is 0 Å². The van der Waals surface area contributed by atoms with Crippen molar-refractivity contribution >= 4 is 5.69 Å². The SMILES string of the molecule is C=CCN(CC=C)c1ccccc1OCC1CO1. The monoisotopic (exact) mass is 245 g/mol. The number of para-hydroxylation sites is 2. The largest absolute Gasteiger partial charge is 0.489 e. The van der Waals surface area contributed by atoms with Crippen molar-refractivity contribution in [3.63, 3.8) is 0 Å². The maximum atomic E-state index is 5.80. The zero-order valence-electron chi connectivity index (χ0n) is 10.5. The number of anilines is 1. The fourth-order valence-electron chi connectivity index (χ4n) is 1.77. The molecular formula is C15H19NO2. The standard InChI is InChI=1S/C15H19NO2/c1-3-9-16(10-4-2)14-7-5-6-8-15(14)18-12-13-11-17-13/h3-8,13H,1-2,9-12H2. The molecule has 0 spiro atoms. The molecule has 18 heavy (non-hydrogen) atoms. The molecule has 3 heteroatoms. The van der Waals surface area contributed by atoms with Crippen molar-refractivity contribution in [3.05, 3.63) is 49.6 Å². The lowest BCUT2D eigenvalue weighted by atomic mass is 10.2. The van der Waals surface area contributed by atoms with E-state index in [9.17, 15) is 0 Å². The van der Waals surface area contributed by atoms with Crippen LogP contribution in [0.3, 0.4) is 0 Å². The molecule has 1 aromatic rings. The number of rotatable bonds is 8. The van der Waals surface area contributed by atoms with Gasteiger partial charge in [0, 0.05) is 13.1 Å². The lowest BCUT2D eigenvalue weighted by Crippen LogP contribution is -2.24. The van der Waals surface area contributed by atoms with E-state index in [1.165, 1.54) is 0 Å². The summed E-state index contributed by atoms with van der Waals surface area (Å²) in [6, 6.07) is 8.02. The van der Waals surface area contributed by atoms with E-state index in [1.54, 1.807) is 0 Å². The number of hydrogen-bond acceptors (Lipinski definition) is 3. The van der Waals surface area contributed by atoms with Gasteiger partial charge >= 0.3 is 0 Å². The average molecular weight is 245 g/mol. The van der Waals surface area contributed by atoms with E-state index in [2.05, 4.69) is 24.1 Å². The van der Waals surface area contributed by atoms with Crippen LogP contribution in [0.25, 0.3) is 0 Å². The Morgan fingerprint density at radius 2 is 1.94 bits per heavy atom. The van der Waals surface area contributed by atoms with Crippen LogP contribution in [0.4, 0.5) is 5.69 Å². The Kier molecular flexibility index (Phi) is 4.42. The molecule has 1 atom stereocenters. The van der Waals surface area contributed by atoms with E-state index in [0.717, 1.165) is 31.1 Å². The molecule has 2 rings (SSSR count). The number of hydrogen-bond donors (Lipinski definition) is 0. The maximum absolute atomic E-state index is 5.80. The van der Waals surface area contributed by atoms with Crippen LogP contribution in [0.15, 0.2) is 49.6 Å². The molecule has 0 radical (unpaired) electrons. The summed E-state index contributed by atoms with van der Waals surface area (Å²) in [6.45, 7) is 10.5. The predicted molar refractivity (Wildman–Crippen MR) is 74.3 cm³/mol. The zero-order chi connectivity index (χ0) is 12.8. The second-order valence-corrected chi connectivity index (χ2v) is 4.22. The summed E-state index contributed by atoms with van der Waals surface area (Å²) >= 11 is 0. The summed E-state index contributed by atoms with van der Waals surface area (Å²) in [6.07, 6.45) is 4.03. The molecule has 1 unspecified atom stereocenters. The van der Waals surface area contributed by atoms with Gasteiger partial charge in [0.1, 0.15) is 18.5 Å². The summed E-state index contributed by atoms with van der Waals surface area (Å²) in [5.74, 6) is 0.886. The van der Waals surface area contributed by atoms with Gasteiger partial charge in [0.05, 0.1) is 12.3 Å². The molecule has 1 heterocycles. The van der Waals surface area contributed by atoms with Crippen LogP contribution in [-0.4, -0.2) is 32.4 Å². The van der Waals surface area contributed by atoms with Crippen LogP contribution in [0, 0.1) is 0 Å². The van der Waals surface area contributed by atoms with Crippen LogP contribution in [0.5, 0.6) is 5.75 Å². The van der Waals surface area contributed by atoms with Gasteiger partial charge in [-0.25, -0.2) is 0 Å². The lowest BCUT2D eigenvalue weighted by molar-refractivity contribution is 0.263. The van der Waals surface area contributed by atoms with Crippen molar-refractivity contribution < 1.29 is 9.47 Å². The van der Waals surface area contributed by atoms with Gasteiger partial charge in [-0.2, -0.15) is 0 Å². The quantitative estimate of drug-likeness (QED) is 0.520. The van der Waals surface area contributed by atoms with Crippen molar-refractivity contribution in [2.75, 3.05) is 31.2 Å². The van der Waals surface area contributed by atoms with E-state index in [0.29, 0.717) is 6.61 Å². The van der Waals surface area contributed by atoms with Gasteiger partial charge in [-0.1, -0.05) is 24.3 Å². The summed E-state index contributed by atoms with van der Waals surface area (Å²) in [5, 5.41) is 0. The van der Waals surface area contributed by atoms with Crippen molar-refractivity contribution in [3.8, 4) is 5.75 Å². The minimum absolute atomic E-state index is 0.269. The van der Waals surface area contributed by atoms with Gasteiger partial charge in [-0.15, -0.1) is 13.2 Å². The first-order valence-corrected chi connectivity index (χ1v) is 6.15. The van der Waals surface area contributed by atoms with E-state index < -0.39 is 0 Å². The normalized spacial score (nSPS) is 17.0.